The Labute approximate surface area is 165 Å². The second-order valence-electron chi connectivity index (χ2n) is 6.36. The van der Waals surface area contributed by atoms with Crippen molar-refractivity contribution in [1.29, 1.82) is 0 Å². The van der Waals surface area contributed by atoms with E-state index in [4.69, 9.17) is 10.5 Å². The molecule has 1 amide bonds. The molecule has 3 rings (SSSR count). The number of methoxy groups -OCH3 is 1. The van der Waals surface area contributed by atoms with Crippen LogP contribution in [0.5, 0.6) is 0 Å². The van der Waals surface area contributed by atoms with Crippen LogP contribution < -0.4 is 16.4 Å². The number of aryl methyl sites for hydroxylation is 1. The summed E-state index contributed by atoms with van der Waals surface area (Å²) in [6.07, 6.45) is 2.78. The Balaban J connectivity index is 0.00000169. The van der Waals surface area contributed by atoms with Gasteiger partial charge in [-0.1, -0.05) is 0 Å². The van der Waals surface area contributed by atoms with Crippen LogP contribution in [0.15, 0.2) is 18.2 Å². The number of rotatable bonds is 6. The highest BCUT2D eigenvalue weighted by molar-refractivity contribution is 5.97. The molecule has 1 fully saturated rings. The second kappa shape index (κ2) is 9.97. The summed E-state index contributed by atoms with van der Waals surface area (Å²) < 4.78 is 7.01. The van der Waals surface area contributed by atoms with Crippen LogP contribution in [0.4, 0.5) is 5.95 Å². The van der Waals surface area contributed by atoms with Crippen molar-refractivity contribution in [1.82, 2.24) is 14.9 Å². The molecular formula is C17H27Cl2N5O2. The maximum atomic E-state index is 12.4. The molecule has 0 unspecified atom stereocenters. The Kier molecular flexibility index (Phi) is 8.62. The summed E-state index contributed by atoms with van der Waals surface area (Å²) in [6, 6.07) is 5.99. The molecule has 2 atom stereocenters. The van der Waals surface area contributed by atoms with Gasteiger partial charge in [-0.15, -0.1) is 24.8 Å². The Hall–Kier alpha value is -1.54. The number of carbonyl (C=O) groups excluding carboxylic acids is 1. The number of aromatic nitrogens is 2. The lowest BCUT2D eigenvalue weighted by molar-refractivity contribution is 0.0938. The Morgan fingerprint density at radius 1 is 1.38 bits per heavy atom. The van der Waals surface area contributed by atoms with Crippen LogP contribution >= 0.6 is 24.8 Å². The number of nitrogens with two attached hydrogens (primary N) is 1. The first-order valence-electron chi connectivity index (χ1n) is 8.34. The molecule has 0 spiro atoms. The SMILES string of the molecule is COCCNc1nc2cc(C(=O)N[C@@H]3CC[C@@H](N)C3)ccc2n1C.Cl.Cl. The fraction of sp³-hybridized carbons (Fsp3) is 0.529. The van der Waals surface area contributed by atoms with Gasteiger partial charge in [0.2, 0.25) is 5.95 Å². The molecule has 0 saturated heterocycles. The molecule has 9 heteroatoms. The molecule has 1 aromatic heterocycles. The molecule has 1 saturated carbocycles. The second-order valence-corrected chi connectivity index (χ2v) is 6.36. The first kappa shape index (κ1) is 22.5. The standard InChI is InChI=1S/C17H25N5O2.2ClH/c1-22-15-6-3-11(16(23)20-13-5-4-12(18)10-13)9-14(15)21-17(22)19-7-8-24-2;;/h3,6,9,12-13H,4-5,7-8,10,18H2,1-2H3,(H,19,21)(H,20,23);2*1H/t12-,13-;;/m1../s1. The van der Waals surface area contributed by atoms with Crippen molar-refractivity contribution in [3.8, 4) is 0 Å². The lowest BCUT2D eigenvalue weighted by Crippen LogP contribution is -2.34. The van der Waals surface area contributed by atoms with Crippen LogP contribution in [-0.2, 0) is 11.8 Å². The van der Waals surface area contributed by atoms with Gasteiger partial charge in [-0.2, -0.15) is 0 Å². The molecule has 1 aliphatic rings. The number of carbonyl (C=O) groups is 1. The largest absolute Gasteiger partial charge is 0.383 e. The first-order chi connectivity index (χ1) is 11.6. The van der Waals surface area contributed by atoms with Crippen molar-refractivity contribution in [3.05, 3.63) is 23.8 Å². The molecule has 2 aromatic rings. The molecule has 1 aliphatic carbocycles. The third-order valence-electron chi connectivity index (χ3n) is 4.54. The number of benzene rings is 1. The molecule has 1 aromatic carbocycles. The van der Waals surface area contributed by atoms with Gasteiger partial charge in [-0.3, -0.25) is 4.79 Å². The zero-order chi connectivity index (χ0) is 17.1. The van der Waals surface area contributed by atoms with Crippen molar-refractivity contribution < 1.29 is 9.53 Å². The van der Waals surface area contributed by atoms with E-state index in [0.29, 0.717) is 18.7 Å². The molecule has 26 heavy (non-hydrogen) atoms. The lowest BCUT2D eigenvalue weighted by Gasteiger charge is -2.12. The molecule has 7 nitrogen and oxygen atoms in total. The number of ether oxygens (including phenoxy) is 1. The summed E-state index contributed by atoms with van der Waals surface area (Å²) in [5, 5.41) is 6.30. The van der Waals surface area contributed by atoms with Crippen molar-refractivity contribution in [2.75, 3.05) is 25.6 Å². The third kappa shape index (κ3) is 5.01. The highest BCUT2D eigenvalue weighted by Gasteiger charge is 2.23. The van der Waals surface area contributed by atoms with Gasteiger partial charge in [0.15, 0.2) is 0 Å². The number of anilines is 1. The van der Waals surface area contributed by atoms with E-state index in [2.05, 4.69) is 15.6 Å². The van der Waals surface area contributed by atoms with Crippen molar-refractivity contribution in [2.24, 2.45) is 12.8 Å². The van der Waals surface area contributed by atoms with Crippen molar-refractivity contribution >= 4 is 47.7 Å². The summed E-state index contributed by atoms with van der Waals surface area (Å²) in [7, 11) is 3.61. The number of amides is 1. The zero-order valence-electron chi connectivity index (χ0n) is 15.0. The smallest absolute Gasteiger partial charge is 0.251 e. The number of hydrogen-bond acceptors (Lipinski definition) is 5. The van der Waals surface area contributed by atoms with Gasteiger partial charge >= 0.3 is 0 Å². The molecular weight excluding hydrogens is 377 g/mol. The number of hydrogen-bond donors (Lipinski definition) is 3. The number of imidazole rings is 1. The Bertz CT molecular complexity index is 737. The minimum absolute atomic E-state index is 0. The maximum Gasteiger partial charge on any atom is 0.251 e. The first-order valence-corrected chi connectivity index (χ1v) is 8.34. The van der Waals surface area contributed by atoms with E-state index in [1.165, 1.54) is 0 Å². The van der Waals surface area contributed by atoms with Gasteiger partial charge in [-0.25, -0.2) is 4.98 Å². The van der Waals surface area contributed by atoms with Crippen LogP contribution in [0.3, 0.4) is 0 Å². The summed E-state index contributed by atoms with van der Waals surface area (Å²) in [4.78, 5) is 17.0. The summed E-state index contributed by atoms with van der Waals surface area (Å²) in [6.45, 7) is 1.29. The number of nitrogens with zero attached hydrogens (tertiary/aromatic N) is 2. The molecule has 0 aliphatic heterocycles. The summed E-state index contributed by atoms with van der Waals surface area (Å²) in [5.41, 5.74) is 8.31. The fourth-order valence-electron chi connectivity index (χ4n) is 3.18. The van der Waals surface area contributed by atoms with Gasteiger partial charge in [0.25, 0.3) is 5.91 Å². The van der Waals surface area contributed by atoms with E-state index < -0.39 is 0 Å². The predicted molar refractivity (Wildman–Crippen MR) is 109 cm³/mol. The van der Waals surface area contributed by atoms with Gasteiger partial charge in [-0.05, 0) is 37.5 Å². The van der Waals surface area contributed by atoms with Gasteiger partial charge < -0.3 is 25.7 Å². The molecule has 1 heterocycles. The normalized spacial score (nSPS) is 18.9. The van der Waals surface area contributed by atoms with Gasteiger partial charge in [0.05, 0.1) is 17.6 Å². The van der Waals surface area contributed by atoms with E-state index in [9.17, 15) is 4.79 Å². The summed E-state index contributed by atoms with van der Waals surface area (Å²) >= 11 is 0. The maximum absolute atomic E-state index is 12.4. The van der Waals surface area contributed by atoms with Crippen LogP contribution in [-0.4, -0.2) is 47.8 Å². The number of nitrogens with one attached hydrogen (secondary N) is 2. The quantitative estimate of drug-likeness (QED) is 0.641. The van der Waals surface area contributed by atoms with E-state index in [0.717, 1.165) is 36.2 Å². The summed E-state index contributed by atoms with van der Waals surface area (Å²) in [5.74, 6) is 0.705. The van der Waals surface area contributed by atoms with Crippen molar-refractivity contribution in [2.45, 2.75) is 31.3 Å². The van der Waals surface area contributed by atoms with E-state index in [1.807, 2.05) is 29.8 Å². The van der Waals surface area contributed by atoms with E-state index in [-0.39, 0.29) is 42.8 Å². The van der Waals surface area contributed by atoms with E-state index >= 15 is 0 Å². The van der Waals surface area contributed by atoms with Crippen LogP contribution in [0, 0.1) is 0 Å². The lowest BCUT2D eigenvalue weighted by atomic mass is 10.1. The Morgan fingerprint density at radius 3 is 2.81 bits per heavy atom. The average molecular weight is 404 g/mol. The zero-order valence-corrected chi connectivity index (χ0v) is 16.7. The Morgan fingerprint density at radius 2 is 2.15 bits per heavy atom. The number of fused-ring (bicyclic) bond motifs is 1. The molecule has 146 valence electrons. The van der Waals surface area contributed by atoms with Crippen LogP contribution in [0.25, 0.3) is 11.0 Å². The fourth-order valence-corrected chi connectivity index (χ4v) is 3.18. The minimum Gasteiger partial charge on any atom is -0.383 e. The third-order valence-corrected chi connectivity index (χ3v) is 4.54. The highest BCUT2D eigenvalue weighted by Crippen LogP contribution is 2.21. The molecule has 0 bridgehead atoms. The topological polar surface area (TPSA) is 94.2 Å². The minimum atomic E-state index is -0.0597. The molecule has 0 radical (unpaired) electrons. The average Bonchev–Trinajstić information content (AvgIpc) is 3.11. The van der Waals surface area contributed by atoms with Crippen LogP contribution in [0.1, 0.15) is 29.6 Å². The monoisotopic (exact) mass is 403 g/mol. The van der Waals surface area contributed by atoms with Crippen LogP contribution in [0.2, 0.25) is 0 Å². The van der Waals surface area contributed by atoms with E-state index in [1.54, 1.807) is 7.11 Å². The van der Waals surface area contributed by atoms with Gasteiger partial charge in [0.1, 0.15) is 0 Å². The highest BCUT2D eigenvalue weighted by atomic mass is 35.5. The van der Waals surface area contributed by atoms with Gasteiger partial charge in [0, 0.05) is 38.3 Å². The van der Waals surface area contributed by atoms with Crippen molar-refractivity contribution in [3.63, 3.8) is 0 Å². The molecule has 4 N–H and O–H groups in total. The number of halogens is 2. The predicted octanol–water partition coefficient (Wildman–Crippen LogP) is 2.08.